The van der Waals surface area contributed by atoms with Crippen LogP contribution in [-0.4, -0.2) is 23.7 Å². The van der Waals surface area contributed by atoms with Crippen LogP contribution in [0, 0.1) is 0 Å². The number of carbonyl (C=O) groups is 1. The molecule has 0 radical (unpaired) electrons. The number of carboxylic acid groups (broad SMARTS) is 1. The molecule has 0 spiro atoms. The zero-order chi connectivity index (χ0) is 21.3. The minimum Gasteiger partial charge on any atom is -0.481 e. The quantitative estimate of drug-likeness (QED) is 0.169. The Balaban J connectivity index is 0. The van der Waals surface area contributed by atoms with E-state index in [1.54, 1.807) is 0 Å². The highest BCUT2D eigenvalue weighted by atomic mass is 16.4. The molecule has 0 amide bonds. The largest absolute Gasteiger partial charge is 0.481 e. The van der Waals surface area contributed by atoms with E-state index in [4.69, 9.17) is 16.6 Å². The second kappa shape index (κ2) is 26.1. The summed E-state index contributed by atoms with van der Waals surface area (Å²) in [5.41, 5.74) is 10.7. The van der Waals surface area contributed by atoms with Crippen LogP contribution in [0.3, 0.4) is 0 Å². The van der Waals surface area contributed by atoms with E-state index in [0.717, 1.165) is 19.3 Å². The number of hydrogen-bond donors (Lipinski definition) is 3. The van der Waals surface area contributed by atoms with Crippen LogP contribution < -0.4 is 11.5 Å². The summed E-state index contributed by atoms with van der Waals surface area (Å²) in [5.74, 6) is -0.653. The predicted molar refractivity (Wildman–Crippen MR) is 124 cm³/mol. The van der Waals surface area contributed by atoms with Gasteiger partial charge in [-0.05, 0) is 12.8 Å². The van der Waals surface area contributed by atoms with E-state index in [1.807, 2.05) is 12.2 Å². The molecule has 0 heterocycles. The first-order chi connectivity index (χ1) is 13.6. The van der Waals surface area contributed by atoms with Crippen LogP contribution >= 0.6 is 0 Å². The molecule has 0 rings (SSSR count). The Morgan fingerprint density at radius 1 is 0.786 bits per heavy atom. The molecule has 28 heavy (non-hydrogen) atoms. The van der Waals surface area contributed by atoms with E-state index in [2.05, 4.69) is 13.8 Å². The van der Waals surface area contributed by atoms with E-state index >= 15 is 0 Å². The van der Waals surface area contributed by atoms with Gasteiger partial charge in [0.2, 0.25) is 0 Å². The van der Waals surface area contributed by atoms with Crippen molar-refractivity contribution < 1.29 is 9.90 Å². The Hall–Kier alpha value is -0.870. The third-order valence-electron chi connectivity index (χ3n) is 4.89. The summed E-state index contributed by atoms with van der Waals surface area (Å²) in [6, 6.07) is 0.0509. The van der Waals surface area contributed by atoms with Crippen LogP contribution in [0.2, 0.25) is 0 Å². The van der Waals surface area contributed by atoms with Crippen molar-refractivity contribution in [1.82, 2.24) is 0 Å². The molecule has 1 unspecified atom stereocenters. The molecule has 0 aromatic carbocycles. The van der Waals surface area contributed by atoms with Crippen LogP contribution in [0.4, 0.5) is 0 Å². The van der Waals surface area contributed by atoms with E-state index in [9.17, 15) is 4.79 Å². The molecule has 1 atom stereocenters. The fraction of sp³-hybridized carbons (Fsp3) is 0.875. The van der Waals surface area contributed by atoms with Crippen LogP contribution in [0.15, 0.2) is 12.2 Å². The average molecular weight is 399 g/mol. The van der Waals surface area contributed by atoms with Crippen LogP contribution in [0.5, 0.6) is 0 Å². The molecule has 0 aliphatic heterocycles. The Labute approximate surface area is 175 Å². The molecule has 4 heteroatoms. The first-order valence-electron chi connectivity index (χ1n) is 11.9. The Bertz CT molecular complexity index is 333. The summed E-state index contributed by atoms with van der Waals surface area (Å²) < 4.78 is 0. The maximum absolute atomic E-state index is 10.3. The van der Waals surface area contributed by atoms with Gasteiger partial charge >= 0.3 is 5.97 Å². The van der Waals surface area contributed by atoms with Crippen molar-refractivity contribution in [3.63, 3.8) is 0 Å². The lowest BCUT2D eigenvalue weighted by Gasteiger charge is -2.03. The predicted octanol–water partition coefficient (Wildman–Crippen LogP) is 6.57. The first-order valence-corrected chi connectivity index (χ1v) is 11.9. The van der Waals surface area contributed by atoms with Gasteiger partial charge in [-0.25, -0.2) is 0 Å². The summed E-state index contributed by atoms with van der Waals surface area (Å²) in [6.45, 7) is 4.88. The lowest BCUT2D eigenvalue weighted by atomic mass is 10.0. The molecule has 5 N–H and O–H groups in total. The van der Waals surface area contributed by atoms with Crippen molar-refractivity contribution in [1.29, 1.82) is 0 Å². The second-order valence-corrected chi connectivity index (χ2v) is 7.83. The highest BCUT2D eigenvalue weighted by molar-refractivity contribution is 5.66. The molecule has 0 fully saturated rings. The van der Waals surface area contributed by atoms with Crippen molar-refractivity contribution >= 4 is 5.97 Å². The number of carboxylic acids is 1. The Morgan fingerprint density at radius 3 is 1.50 bits per heavy atom. The maximum atomic E-state index is 10.3. The van der Waals surface area contributed by atoms with Gasteiger partial charge in [0.05, 0.1) is 0 Å². The molecule has 0 aromatic heterocycles. The number of allylic oxidation sites excluding steroid dienone is 1. The Morgan fingerprint density at radius 2 is 1.18 bits per heavy atom. The maximum Gasteiger partial charge on any atom is 0.303 e. The van der Waals surface area contributed by atoms with Gasteiger partial charge in [-0.15, -0.1) is 0 Å². The molecule has 0 saturated carbocycles. The van der Waals surface area contributed by atoms with Gasteiger partial charge in [-0.2, -0.15) is 0 Å². The third kappa shape index (κ3) is 29.9. The van der Waals surface area contributed by atoms with E-state index < -0.39 is 5.97 Å². The fourth-order valence-corrected chi connectivity index (χ4v) is 3.04. The SMILES string of the molecule is CCC=CC(N)CN.CCCCCCCCCCCCCCCCCC(=O)O. The molecule has 0 aliphatic rings. The highest BCUT2D eigenvalue weighted by Crippen LogP contribution is 2.13. The van der Waals surface area contributed by atoms with Gasteiger partial charge in [0.15, 0.2) is 0 Å². The van der Waals surface area contributed by atoms with E-state index in [-0.39, 0.29) is 6.04 Å². The number of nitrogens with two attached hydrogens (primary N) is 2. The van der Waals surface area contributed by atoms with E-state index in [1.165, 1.54) is 83.5 Å². The molecule has 4 nitrogen and oxygen atoms in total. The van der Waals surface area contributed by atoms with Gasteiger partial charge in [-0.3, -0.25) is 4.79 Å². The lowest BCUT2D eigenvalue weighted by Crippen LogP contribution is -2.26. The zero-order valence-corrected chi connectivity index (χ0v) is 19.0. The molecule has 168 valence electrons. The van der Waals surface area contributed by atoms with Gasteiger partial charge in [0.25, 0.3) is 0 Å². The van der Waals surface area contributed by atoms with Crippen molar-refractivity contribution in [2.75, 3.05) is 6.54 Å². The molecular formula is C24H50N2O2. The van der Waals surface area contributed by atoms with Crippen molar-refractivity contribution in [2.45, 2.75) is 129 Å². The second-order valence-electron chi connectivity index (χ2n) is 7.83. The minimum atomic E-state index is -0.653. The van der Waals surface area contributed by atoms with Crippen molar-refractivity contribution in [3.8, 4) is 0 Å². The average Bonchev–Trinajstić information content (AvgIpc) is 2.69. The van der Waals surface area contributed by atoms with E-state index in [0.29, 0.717) is 13.0 Å². The normalized spacial score (nSPS) is 12.0. The lowest BCUT2D eigenvalue weighted by molar-refractivity contribution is -0.137. The van der Waals surface area contributed by atoms with Gasteiger partial charge < -0.3 is 16.6 Å². The number of rotatable bonds is 19. The standard InChI is InChI=1S/C18H36O2.C6H14N2/c1-2-3-4-5-6-7-8-9-10-11-12-13-14-15-16-17-18(19)20;1-2-3-4-6(8)5-7/h2-17H2,1H3,(H,19,20);3-4,6H,2,5,7-8H2,1H3. The first kappa shape index (κ1) is 29.3. The summed E-state index contributed by atoms with van der Waals surface area (Å²) in [5, 5.41) is 8.52. The minimum absolute atomic E-state index is 0.0509. The van der Waals surface area contributed by atoms with Gasteiger partial charge in [0, 0.05) is 19.0 Å². The number of aliphatic carboxylic acids is 1. The fourth-order valence-electron chi connectivity index (χ4n) is 3.04. The van der Waals surface area contributed by atoms with Crippen molar-refractivity contribution in [2.24, 2.45) is 11.5 Å². The van der Waals surface area contributed by atoms with Crippen LogP contribution in [-0.2, 0) is 4.79 Å². The van der Waals surface area contributed by atoms with Crippen molar-refractivity contribution in [3.05, 3.63) is 12.2 Å². The number of hydrogen-bond acceptors (Lipinski definition) is 3. The highest BCUT2D eigenvalue weighted by Gasteiger charge is 1.97. The number of unbranched alkanes of at least 4 members (excludes halogenated alkanes) is 14. The monoisotopic (exact) mass is 398 g/mol. The molecule has 0 bridgehead atoms. The molecule has 0 aliphatic carbocycles. The molecular weight excluding hydrogens is 348 g/mol. The van der Waals surface area contributed by atoms with Gasteiger partial charge in [0.1, 0.15) is 0 Å². The van der Waals surface area contributed by atoms with Crippen LogP contribution in [0.25, 0.3) is 0 Å². The topological polar surface area (TPSA) is 89.3 Å². The molecule has 0 saturated heterocycles. The summed E-state index contributed by atoms with van der Waals surface area (Å²) in [4.78, 5) is 10.3. The molecule has 0 aromatic rings. The van der Waals surface area contributed by atoms with Crippen LogP contribution in [0.1, 0.15) is 123 Å². The smallest absolute Gasteiger partial charge is 0.303 e. The Kier molecular flexibility index (Phi) is 27.4. The summed E-state index contributed by atoms with van der Waals surface area (Å²) in [6.07, 6.45) is 25.2. The van der Waals surface area contributed by atoms with Gasteiger partial charge in [-0.1, -0.05) is 116 Å². The zero-order valence-electron chi connectivity index (χ0n) is 19.0. The summed E-state index contributed by atoms with van der Waals surface area (Å²) in [7, 11) is 0. The summed E-state index contributed by atoms with van der Waals surface area (Å²) >= 11 is 0. The third-order valence-corrected chi connectivity index (χ3v) is 4.89.